The summed E-state index contributed by atoms with van der Waals surface area (Å²) >= 11 is 0. The van der Waals surface area contributed by atoms with Gasteiger partial charge < -0.3 is 16.3 Å². The predicted octanol–water partition coefficient (Wildman–Crippen LogP) is 2.93. The van der Waals surface area contributed by atoms with Crippen LogP contribution in [0.5, 0.6) is 0 Å². The third-order valence-corrected chi connectivity index (χ3v) is 2.75. The number of nitrogens with one attached hydrogen (secondary N) is 1. The van der Waals surface area contributed by atoms with Crippen molar-refractivity contribution >= 4 is 17.4 Å². The number of hydrogen-bond acceptors (Lipinski definition) is 3. The number of oxime groups is 1. The van der Waals surface area contributed by atoms with Crippen LogP contribution in [0.15, 0.2) is 23.4 Å². The van der Waals surface area contributed by atoms with Crippen LogP contribution in [-0.2, 0) is 11.0 Å². The third-order valence-electron chi connectivity index (χ3n) is 2.75. The Bertz CT molecular complexity index is 542. The van der Waals surface area contributed by atoms with Gasteiger partial charge in [-0.05, 0) is 24.6 Å². The van der Waals surface area contributed by atoms with Crippen LogP contribution in [0.4, 0.5) is 18.9 Å². The number of amidine groups is 1. The lowest BCUT2D eigenvalue weighted by molar-refractivity contribution is -0.137. The fraction of sp³-hybridized carbons (Fsp3) is 0.385. The fourth-order valence-corrected chi connectivity index (χ4v) is 1.69. The Morgan fingerprint density at radius 3 is 2.62 bits per heavy atom. The van der Waals surface area contributed by atoms with Crippen LogP contribution in [-0.4, -0.2) is 17.0 Å². The Hall–Kier alpha value is -2.25. The number of unbranched alkanes of at least 4 members (excludes halogenated alkanes) is 1. The minimum atomic E-state index is -4.69. The minimum Gasteiger partial charge on any atom is -0.409 e. The number of hydrogen-bond donors (Lipinski definition) is 3. The molecule has 0 aliphatic heterocycles. The molecule has 0 aromatic heterocycles. The number of alkyl halides is 3. The van der Waals surface area contributed by atoms with Gasteiger partial charge in [0.2, 0.25) is 5.91 Å². The molecule has 0 fully saturated rings. The van der Waals surface area contributed by atoms with E-state index in [1.165, 1.54) is 6.07 Å². The number of rotatable bonds is 5. The Morgan fingerprint density at radius 2 is 2.10 bits per heavy atom. The summed E-state index contributed by atoms with van der Waals surface area (Å²) in [4.78, 5) is 11.5. The highest BCUT2D eigenvalue weighted by atomic mass is 19.4. The fourth-order valence-electron chi connectivity index (χ4n) is 1.69. The number of carbonyl (C=O) groups excluding carboxylic acids is 1. The summed E-state index contributed by atoms with van der Waals surface area (Å²) < 4.78 is 38.9. The van der Waals surface area contributed by atoms with Gasteiger partial charge in [0.05, 0.1) is 5.56 Å². The van der Waals surface area contributed by atoms with Crippen LogP contribution < -0.4 is 11.1 Å². The smallest absolute Gasteiger partial charge is 0.409 e. The summed E-state index contributed by atoms with van der Waals surface area (Å²) in [5.41, 5.74) is 3.71. The van der Waals surface area contributed by atoms with Crippen LogP contribution in [0.3, 0.4) is 0 Å². The maximum Gasteiger partial charge on any atom is 0.417 e. The molecule has 1 rings (SSSR count). The van der Waals surface area contributed by atoms with Crippen LogP contribution in [0.1, 0.15) is 37.3 Å². The SMILES string of the molecule is CCCCC(=O)Nc1ccc(C(N)=NO)c(C(F)(F)F)c1. The van der Waals surface area contributed by atoms with E-state index in [-0.39, 0.29) is 18.0 Å². The Balaban J connectivity index is 3.08. The zero-order valence-electron chi connectivity index (χ0n) is 11.4. The quantitative estimate of drug-likeness (QED) is 0.338. The van der Waals surface area contributed by atoms with Crippen LogP contribution in [0.25, 0.3) is 0 Å². The molecule has 8 heteroatoms. The summed E-state index contributed by atoms with van der Waals surface area (Å²) in [6.07, 6.45) is -2.99. The normalized spacial score (nSPS) is 12.3. The number of anilines is 1. The molecule has 0 saturated carbocycles. The van der Waals surface area contributed by atoms with E-state index in [2.05, 4.69) is 10.5 Å². The van der Waals surface area contributed by atoms with E-state index in [0.29, 0.717) is 6.42 Å². The van der Waals surface area contributed by atoms with E-state index in [4.69, 9.17) is 10.9 Å². The molecule has 1 aromatic carbocycles. The Kier molecular flexibility index (Phi) is 5.57. The average Bonchev–Trinajstić information content (AvgIpc) is 2.43. The van der Waals surface area contributed by atoms with Crippen molar-refractivity contribution in [2.75, 3.05) is 5.32 Å². The summed E-state index contributed by atoms with van der Waals surface area (Å²) in [5.74, 6) is -1.01. The first-order chi connectivity index (χ1) is 9.79. The van der Waals surface area contributed by atoms with Crippen molar-refractivity contribution in [3.05, 3.63) is 29.3 Å². The number of carbonyl (C=O) groups is 1. The molecule has 0 aliphatic rings. The van der Waals surface area contributed by atoms with E-state index in [0.717, 1.165) is 18.6 Å². The maximum absolute atomic E-state index is 13.0. The lowest BCUT2D eigenvalue weighted by atomic mass is 10.0. The number of nitrogens with zero attached hydrogens (tertiary/aromatic N) is 1. The molecule has 1 amide bonds. The zero-order chi connectivity index (χ0) is 16.0. The standard InChI is InChI=1S/C13H16F3N3O2/c1-2-3-4-11(20)18-8-5-6-9(12(17)19-21)10(7-8)13(14,15)16/h5-7,21H,2-4H2,1H3,(H2,17,19)(H,18,20). The highest BCUT2D eigenvalue weighted by Crippen LogP contribution is 2.33. The lowest BCUT2D eigenvalue weighted by Crippen LogP contribution is -2.21. The minimum absolute atomic E-state index is 0.0120. The second kappa shape index (κ2) is 6.96. The molecule has 116 valence electrons. The molecule has 21 heavy (non-hydrogen) atoms. The second-order valence-corrected chi connectivity index (χ2v) is 4.40. The van der Waals surface area contributed by atoms with E-state index in [1.807, 2.05) is 6.92 Å². The van der Waals surface area contributed by atoms with E-state index in [1.54, 1.807) is 0 Å². The van der Waals surface area contributed by atoms with Gasteiger partial charge in [-0.3, -0.25) is 4.79 Å². The first kappa shape index (κ1) is 16.8. The molecule has 0 bridgehead atoms. The predicted molar refractivity (Wildman–Crippen MR) is 72.1 cm³/mol. The van der Waals surface area contributed by atoms with Crippen molar-refractivity contribution in [1.82, 2.24) is 0 Å². The topological polar surface area (TPSA) is 87.7 Å². The molecule has 0 unspecified atom stereocenters. The third kappa shape index (κ3) is 4.66. The van der Waals surface area contributed by atoms with Crippen LogP contribution in [0, 0.1) is 0 Å². The van der Waals surface area contributed by atoms with Crippen molar-refractivity contribution in [2.24, 2.45) is 10.9 Å². The maximum atomic E-state index is 13.0. The van der Waals surface area contributed by atoms with Crippen molar-refractivity contribution in [3.63, 3.8) is 0 Å². The highest BCUT2D eigenvalue weighted by Gasteiger charge is 2.34. The van der Waals surface area contributed by atoms with Gasteiger partial charge in [-0.15, -0.1) is 0 Å². The molecule has 0 radical (unpaired) electrons. The zero-order valence-corrected chi connectivity index (χ0v) is 11.4. The van der Waals surface area contributed by atoms with Crippen molar-refractivity contribution in [3.8, 4) is 0 Å². The molecule has 0 saturated heterocycles. The molecule has 4 N–H and O–H groups in total. The number of amides is 1. The van der Waals surface area contributed by atoms with Gasteiger partial charge in [0.1, 0.15) is 0 Å². The first-order valence-corrected chi connectivity index (χ1v) is 6.28. The summed E-state index contributed by atoms with van der Waals surface area (Å²) in [7, 11) is 0. The van der Waals surface area contributed by atoms with Gasteiger partial charge in [0.25, 0.3) is 0 Å². The van der Waals surface area contributed by atoms with Gasteiger partial charge >= 0.3 is 6.18 Å². The van der Waals surface area contributed by atoms with Crippen molar-refractivity contribution in [1.29, 1.82) is 0 Å². The van der Waals surface area contributed by atoms with Gasteiger partial charge in [0, 0.05) is 17.7 Å². The molecule has 0 aliphatic carbocycles. The van der Waals surface area contributed by atoms with E-state index in [9.17, 15) is 18.0 Å². The van der Waals surface area contributed by atoms with Crippen molar-refractivity contribution in [2.45, 2.75) is 32.4 Å². The van der Waals surface area contributed by atoms with Gasteiger partial charge in [-0.2, -0.15) is 13.2 Å². The van der Waals surface area contributed by atoms with E-state index >= 15 is 0 Å². The molecule has 0 heterocycles. The Labute approximate surface area is 119 Å². The first-order valence-electron chi connectivity index (χ1n) is 6.28. The number of halogens is 3. The average molecular weight is 303 g/mol. The largest absolute Gasteiger partial charge is 0.417 e. The van der Waals surface area contributed by atoms with E-state index < -0.39 is 23.1 Å². The monoisotopic (exact) mass is 303 g/mol. The molecule has 5 nitrogen and oxygen atoms in total. The van der Waals surface area contributed by atoms with Gasteiger partial charge in [-0.25, -0.2) is 0 Å². The summed E-state index contributed by atoms with van der Waals surface area (Å²) in [6, 6.07) is 3.08. The van der Waals surface area contributed by atoms with Crippen LogP contribution in [0.2, 0.25) is 0 Å². The van der Waals surface area contributed by atoms with Gasteiger partial charge in [-0.1, -0.05) is 18.5 Å². The highest BCUT2D eigenvalue weighted by molar-refractivity contribution is 5.99. The second-order valence-electron chi connectivity index (χ2n) is 4.40. The van der Waals surface area contributed by atoms with Gasteiger partial charge in [0.15, 0.2) is 5.84 Å². The molecule has 0 spiro atoms. The molecular weight excluding hydrogens is 287 g/mol. The summed E-state index contributed by atoms with van der Waals surface area (Å²) in [6.45, 7) is 1.90. The summed E-state index contributed by atoms with van der Waals surface area (Å²) in [5, 5.41) is 13.5. The van der Waals surface area contributed by atoms with Crippen molar-refractivity contribution < 1.29 is 23.2 Å². The number of nitrogens with two attached hydrogens (primary N) is 1. The number of benzene rings is 1. The van der Waals surface area contributed by atoms with Crippen LogP contribution >= 0.6 is 0 Å². The molecule has 0 atom stereocenters. The lowest BCUT2D eigenvalue weighted by Gasteiger charge is -2.14. The molecule has 1 aromatic rings. The molecular formula is C13H16F3N3O2. The Morgan fingerprint density at radius 1 is 1.43 bits per heavy atom.